The van der Waals surface area contributed by atoms with Crippen LogP contribution in [0.1, 0.15) is 33.6 Å². The highest BCUT2D eigenvalue weighted by Gasteiger charge is 2.47. The predicted octanol–water partition coefficient (Wildman–Crippen LogP) is 4.59. The van der Waals surface area contributed by atoms with Gasteiger partial charge in [0.1, 0.15) is 0 Å². The van der Waals surface area contributed by atoms with Crippen LogP contribution in [0.3, 0.4) is 0 Å². The number of ether oxygens (including phenoxy) is 1. The first-order chi connectivity index (χ1) is 11.5. The second-order valence-corrected chi connectivity index (χ2v) is 7.72. The number of hydrogen-bond donors (Lipinski definition) is 1. The van der Waals surface area contributed by atoms with Gasteiger partial charge in [-0.25, -0.2) is 0 Å². The summed E-state index contributed by atoms with van der Waals surface area (Å²) in [6.07, 6.45) is 2.49. The second-order valence-electron chi connectivity index (χ2n) is 7.32. The molecular formula is C18H25Cl2N3O2. The van der Waals surface area contributed by atoms with Crippen LogP contribution in [0.15, 0.2) is 16.7 Å². The molecule has 5 rings (SSSR count). The molecule has 2 bridgehead atoms. The maximum atomic E-state index is 6.24. The molecule has 0 unspecified atom stereocenters. The van der Waals surface area contributed by atoms with Gasteiger partial charge in [0.25, 0.3) is 0 Å². The van der Waals surface area contributed by atoms with Gasteiger partial charge in [-0.15, -0.1) is 12.4 Å². The first kappa shape index (κ1) is 18.6. The lowest BCUT2D eigenvalue weighted by Crippen LogP contribution is -2.66. The molecule has 0 spiro atoms. The summed E-state index contributed by atoms with van der Waals surface area (Å²) in [5, 5.41) is 9.43. The topological polar surface area (TPSA) is 50.5 Å². The zero-order chi connectivity index (χ0) is 16.9. The van der Waals surface area contributed by atoms with E-state index >= 15 is 0 Å². The molecule has 0 aliphatic carbocycles. The van der Waals surface area contributed by atoms with Crippen molar-refractivity contribution >= 4 is 40.8 Å². The number of nitrogens with one attached hydrogen (secondary N) is 1. The Hall–Kier alpha value is -1.17. The van der Waals surface area contributed by atoms with Gasteiger partial charge >= 0.3 is 0 Å². The van der Waals surface area contributed by atoms with Crippen molar-refractivity contribution in [2.45, 2.75) is 45.2 Å². The van der Waals surface area contributed by atoms with Gasteiger partial charge in [-0.1, -0.05) is 16.8 Å². The Balaban J connectivity index is 0.00000182. The van der Waals surface area contributed by atoms with Crippen molar-refractivity contribution in [3.05, 3.63) is 17.2 Å². The van der Waals surface area contributed by atoms with Crippen molar-refractivity contribution in [1.29, 1.82) is 0 Å². The fourth-order valence-corrected chi connectivity index (χ4v) is 4.57. The molecule has 2 aromatic rings. The van der Waals surface area contributed by atoms with E-state index in [4.69, 9.17) is 20.9 Å². The molecule has 138 valence electrons. The van der Waals surface area contributed by atoms with Crippen LogP contribution >= 0.6 is 24.0 Å². The highest BCUT2D eigenvalue weighted by Crippen LogP contribution is 2.42. The van der Waals surface area contributed by atoms with Gasteiger partial charge in [0, 0.05) is 11.6 Å². The summed E-state index contributed by atoms with van der Waals surface area (Å²) in [6, 6.07) is 4.16. The molecule has 25 heavy (non-hydrogen) atoms. The normalized spacial score (nSPS) is 27.1. The zero-order valence-electron chi connectivity index (χ0n) is 14.8. The summed E-state index contributed by atoms with van der Waals surface area (Å²) in [7, 11) is 0. The molecule has 0 saturated carbocycles. The van der Waals surface area contributed by atoms with Crippen molar-refractivity contribution in [2.24, 2.45) is 5.92 Å². The highest BCUT2D eigenvalue weighted by molar-refractivity contribution is 6.33. The van der Waals surface area contributed by atoms with E-state index in [-0.39, 0.29) is 17.9 Å². The highest BCUT2D eigenvalue weighted by atomic mass is 35.5. The van der Waals surface area contributed by atoms with Crippen molar-refractivity contribution in [3.63, 3.8) is 0 Å². The Bertz CT molecular complexity index is 754. The van der Waals surface area contributed by atoms with Gasteiger partial charge in [-0.05, 0) is 64.8 Å². The van der Waals surface area contributed by atoms with Crippen LogP contribution in [-0.4, -0.2) is 41.3 Å². The minimum Gasteiger partial charge on any atom is -0.488 e. The number of halogens is 2. The third-order valence-corrected chi connectivity index (χ3v) is 6.01. The molecule has 3 aliphatic heterocycles. The lowest BCUT2D eigenvalue weighted by atomic mass is 9.72. The Morgan fingerprint density at radius 3 is 2.72 bits per heavy atom. The monoisotopic (exact) mass is 385 g/mol. The standard InChI is InChI=1S/C18H24ClN3O2.ClH/c1-4-23-15-13(19)6-5-12-14(15)24-21-17(12)20-16-11-7-9-22(10-8-11)18(16,2)3;/h5-6,11,16H,4,7-10H2,1-3H3,(H,20,21);1H/t16-;/m1./s1. The average Bonchev–Trinajstić information content (AvgIpc) is 2.97. The Morgan fingerprint density at radius 1 is 1.36 bits per heavy atom. The van der Waals surface area contributed by atoms with E-state index in [0.29, 0.717) is 34.9 Å². The van der Waals surface area contributed by atoms with Crippen LogP contribution in [0.25, 0.3) is 11.0 Å². The van der Waals surface area contributed by atoms with E-state index < -0.39 is 0 Å². The van der Waals surface area contributed by atoms with E-state index in [0.717, 1.165) is 11.2 Å². The number of hydrogen-bond acceptors (Lipinski definition) is 5. The number of anilines is 1. The Morgan fingerprint density at radius 2 is 2.08 bits per heavy atom. The number of fused-ring (bicyclic) bond motifs is 4. The molecular weight excluding hydrogens is 361 g/mol. The smallest absolute Gasteiger partial charge is 0.212 e. The number of aromatic nitrogens is 1. The summed E-state index contributed by atoms with van der Waals surface area (Å²) in [4.78, 5) is 2.58. The molecule has 1 aromatic carbocycles. The number of nitrogens with zero attached hydrogens (tertiary/aromatic N) is 2. The lowest BCUT2D eigenvalue weighted by molar-refractivity contribution is -0.0189. The molecule has 0 amide bonds. The summed E-state index contributed by atoms with van der Waals surface area (Å²) in [5.41, 5.74) is 0.729. The molecule has 3 aliphatic rings. The molecule has 1 atom stereocenters. The van der Waals surface area contributed by atoms with Gasteiger partial charge < -0.3 is 14.6 Å². The SMILES string of the molecule is CCOc1c(Cl)ccc2c(N[C@@H]3C4CCN(CC4)C3(C)C)noc12.Cl. The zero-order valence-corrected chi connectivity index (χ0v) is 16.4. The average molecular weight is 386 g/mol. The molecule has 3 saturated heterocycles. The lowest BCUT2D eigenvalue weighted by Gasteiger charge is -2.56. The fraction of sp³-hybridized carbons (Fsp3) is 0.611. The van der Waals surface area contributed by atoms with Crippen LogP contribution in [0.4, 0.5) is 5.82 Å². The molecule has 1 aromatic heterocycles. The molecule has 5 nitrogen and oxygen atoms in total. The maximum absolute atomic E-state index is 6.24. The molecule has 3 fully saturated rings. The van der Waals surface area contributed by atoms with Crippen molar-refractivity contribution in [1.82, 2.24) is 10.1 Å². The van der Waals surface area contributed by atoms with Crippen molar-refractivity contribution in [2.75, 3.05) is 25.0 Å². The number of benzene rings is 1. The summed E-state index contributed by atoms with van der Waals surface area (Å²) < 4.78 is 11.2. The van der Waals surface area contributed by atoms with E-state index in [2.05, 4.69) is 29.2 Å². The van der Waals surface area contributed by atoms with Crippen LogP contribution < -0.4 is 10.1 Å². The van der Waals surface area contributed by atoms with Gasteiger partial charge in [-0.3, -0.25) is 4.90 Å². The van der Waals surface area contributed by atoms with Crippen LogP contribution in [0.2, 0.25) is 5.02 Å². The molecule has 0 radical (unpaired) electrons. The molecule has 7 heteroatoms. The largest absolute Gasteiger partial charge is 0.488 e. The molecule has 4 heterocycles. The minimum atomic E-state index is 0. The van der Waals surface area contributed by atoms with Crippen molar-refractivity contribution < 1.29 is 9.26 Å². The van der Waals surface area contributed by atoms with Gasteiger partial charge in [0.15, 0.2) is 11.6 Å². The minimum absolute atomic E-state index is 0. The van der Waals surface area contributed by atoms with Gasteiger partial charge in [0.05, 0.1) is 17.0 Å². The summed E-state index contributed by atoms with van der Waals surface area (Å²) in [5.74, 6) is 2.04. The summed E-state index contributed by atoms with van der Waals surface area (Å²) in [6.45, 7) is 9.50. The first-order valence-electron chi connectivity index (χ1n) is 8.74. The Kier molecular flexibility index (Phi) is 5.11. The van der Waals surface area contributed by atoms with E-state index in [9.17, 15) is 0 Å². The van der Waals surface area contributed by atoms with Crippen LogP contribution in [0.5, 0.6) is 5.75 Å². The predicted molar refractivity (Wildman–Crippen MR) is 103 cm³/mol. The maximum Gasteiger partial charge on any atom is 0.212 e. The fourth-order valence-electron chi connectivity index (χ4n) is 4.36. The molecule has 1 N–H and O–H groups in total. The van der Waals surface area contributed by atoms with Gasteiger partial charge in [0.2, 0.25) is 5.58 Å². The van der Waals surface area contributed by atoms with Crippen LogP contribution in [0, 0.1) is 5.92 Å². The third kappa shape index (κ3) is 2.96. The van der Waals surface area contributed by atoms with Crippen molar-refractivity contribution in [3.8, 4) is 5.75 Å². The second kappa shape index (κ2) is 6.86. The quantitative estimate of drug-likeness (QED) is 0.833. The summed E-state index contributed by atoms with van der Waals surface area (Å²) >= 11 is 6.24. The Labute approximate surface area is 159 Å². The van der Waals surface area contributed by atoms with Crippen LogP contribution in [-0.2, 0) is 0 Å². The van der Waals surface area contributed by atoms with Gasteiger partial charge in [-0.2, -0.15) is 0 Å². The first-order valence-corrected chi connectivity index (χ1v) is 9.12. The van der Waals surface area contributed by atoms with E-state index in [1.807, 2.05) is 19.1 Å². The number of rotatable bonds is 4. The third-order valence-electron chi connectivity index (χ3n) is 5.72. The van der Waals surface area contributed by atoms with E-state index in [1.54, 1.807) is 0 Å². The van der Waals surface area contributed by atoms with E-state index in [1.165, 1.54) is 25.9 Å². The number of piperidine rings is 3.